The molecule has 146 valence electrons. The van der Waals surface area contributed by atoms with Crippen molar-refractivity contribution in [2.45, 2.75) is 20.8 Å². The van der Waals surface area contributed by atoms with E-state index in [4.69, 9.17) is 9.47 Å². The number of anilines is 1. The molecule has 0 unspecified atom stereocenters. The summed E-state index contributed by atoms with van der Waals surface area (Å²) in [5, 5.41) is 22.0. The van der Waals surface area contributed by atoms with Crippen molar-refractivity contribution in [2.75, 3.05) is 19.0 Å². The number of benzene rings is 1. The zero-order valence-electron chi connectivity index (χ0n) is 16.0. The van der Waals surface area contributed by atoms with E-state index in [1.807, 2.05) is 13.0 Å². The number of ether oxygens (including phenoxy) is 2. The summed E-state index contributed by atoms with van der Waals surface area (Å²) in [6, 6.07) is 6.31. The van der Waals surface area contributed by atoms with Gasteiger partial charge in [0.15, 0.2) is 11.5 Å². The molecule has 8 heteroatoms. The molecule has 0 aliphatic rings. The SMILES string of the molecule is CCOC(=O)c1c(NC(=O)C(C#N)=Cc2ccc(O)c(OC)c2)sc(C)c1C. The maximum absolute atomic E-state index is 12.6. The van der Waals surface area contributed by atoms with Gasteiger partial charge < -0.3 is 19.9 Å². The van der Waals surface area contributed by atoms with Crippen LogP contribution in [0, 0.1) is 25.2 Å². The molecule has 2 rings (SSSR count). The van der Waals surface area contributed by atoms with E-state index in [2.05, 4.69) is 5.32 Å². The van der Waals surface area contributed by atoms with Gasteiger partial charge in [-0.05, 0) is 50.1 Å². The number of nitrogens with one attached hydrogen (secondary N) is 1. The third-order valence-electron chi connectivity index (χ3n) is 3.97. The van der Waals surface area contributed by atoms with Crippen LogP contribution in [0.4, 0.5) is 5.00 Å². The zero-order chi connectivity index (χ0) is 20.8. The molecule has 1 aromatic carbocycles. The monoisotopic (exact) mass is 400 g/mol. The smallest absolute Gasteiger partial charge is 0.341 e. The molecule has 0 spiro atoms. The first-order valence-electron chi connectivity index (χ1n) is 8.39. The molecule has 28 heavy (non-hydrogen) atoms. The molecule has 0 aliphatic carbocycles. The molecule has 0 aliphatic heterocycles. The van der Waals surface area contributed by atoms with Crippen LogP contribution >= 0.6 is 11.3 Å². The number of esters is 1. The molecule has 0 radical (unpaired) electrons. The van der Waals surface area contributed by atoms with Gasteiger partial charge >= 0.3 is 5.97 Å². The van der Waals surface area contributed by atoms with E-state index in [-0.39, 0.29) is 23.7 Å². The number of thiophene rings is 1. The summed E-state index contributed by atoms with van der Waals surface area (Å²) in [5.74, 6) is -1.00. The minimum absolute atomic E-state index is 0.0498. The van der Waals surface area contributed by atoms with E-state index in [1.165, 1.54) is 36.7 Å². The molecule has 0 fully saturated rings. The van der Waals surface area contributed by atoms with Crippen LogP contribution in [0.2, 0.25) is 0 Å². The van der Waals surface area contributed by atoms with Gasteiger partial charge in [0.2, 0.25) is 0 Å². The Bertz CT molecular complexity index is 985. The molecule has 7 nitrogen and oxygen atoms in total. The lowest BCUT2D eigenvalue weighted by molar-refractivity contribution is -0.112. The fourth-order valence-corrected chi connectivity index (χ4v) is 3.48. The van der Waals surface area contributed by atoms with Crippen molar-refractivity contribution in [1.29, 1.82) is 5.26 Å². The summed E-state index contributed by atoms with van der Waals surface area (Å²) in [4.78, 5) is 25.7. The highest BCUT2D eigenvalue weighted by atomic mass is 32.1. The van der Waals surface area contributed by atoms with Crippen molar-refractivity contribution < 1.29 is 24.2 Å². The predicted molar refractivity (Wildman–Crippen MR) is 107 cm³/mol. The fraction of sp³-hybridized carbons (Fsp3) is 0.250. The van der Waals surface area contributed by atoms with E-state index in [0.717, 1.165) is 10.4 Å². The second kappa shape index (κ2) is 9.06. The van der Waals surface area contributed by atoms with E-state index in [0.29, 0.717) is 16.1 Å². The fourth-order valence-electron chi connectivity index (χ4n) is 2.43. The molecule has 2 N–H and O–H groups in total. The topological polar surface area (TPSA) is 109 Å². The number of nitrogens with zero attached hydrogens (tertiary/aromatic N) is 1. The number of amides is 1. The van der Waals surface area contributed by atoms with Crippen molar-refractivity contribution in [3.05, 3.63) is 45.3 Å². The number of hydrogen-bond donors (Lipinski definition) is 2. The molecule has 0 bridgehead atoms. The Morgan fingerprint density at radius 1 is 1.36 bits per heavy atom. The molecule has 1 amide bonds. The quantitative estimate of drug-likeness (QED) is 0.434. The number of phenols is 1. The normalized spacial score (nSPS) is 10.9. The number of carbonyl (C=O) groups is 2. The third kappa shape index (κ3) is 4.50. The van der Waals surface area contributed by atoms with Gasteiger partial charge in [0.1, 0.15) is 16.6 Å². The molecule has 1 aromatic heterocycles. The molecule has 2 aromatic rings. The molecule has 1 heterocycles. The Labute approximate surface area is 166 Å². The van der Waals surface area contributed by atoms with Gasteiger partial charge in [-0.2, -0.15) is 5.26 Å². The lowest BCUT2D eigenvalue weighted by Gasteiger charge is -2.07. The van der Waals surface area contributed by atoms with Crippen LogP contribution in [0.25, 0.3) is 6.08 Å². The summed E-state index contributed by atoms with van der Waals surface area (Å²) >= 11 is 1.24. The lowest BCUT2D eigenvalue weighted by Crippen LogP contribution is -2.16. The predicted octanol–water partition coefficient (Wildman–Crippen LogP) is 3.80. The van der Waals surface area contributed by atoms with Crippen LogP contribution < -0.4 is 10.1 Å². The standard InChI is InChI=1S/C20H20N2O5S/c1-5-27-20(25)17-11(2)12(3)28-19(17)22-18(24)14(10-21)8-13-6-7-15(23)16(9-13)26-4/h6-9,23H,5H2,1-4H3,(H,22,24). The number of rotatable bonds is 6. The Kier molecular flexibility index (Phi) is 6.79. The highest BCUT2D eigenvalue weighted by Crippen LogP contribution is 2.33. The molecular formula is C20H20N2O5S. The van der Waals surface area contributed by atoms with Crippen LogP contribution in [0.5, 0.6) is 11.5 Å². The number of aromatic hydroxyl groups is 1. The van der Waals surface area contributed by atoms with Crippen LogP contribution in [0.1, 0.15) is 33.3 Å². The summed E-state index contributed by atoms with van der Waals surface area (Å²) in [7, 11) is 1.40. The number of nitriles is 1. The van der Waals surface area contributed by atoms with Gasteiger partial charge in [-0.25, -0.2) is 4.79 Å². The average Bonchev–Trinajstić information content (AvgIpc) is 2.94. The first-order valence-corrected chi connectivity index (χ1v) is 9.21. The molecule has 0 saturated carbocycles. The van der Waals surface area contributed by atoms with Crippen LogP contribution in [-0.4, -0.2) is 30.7 Å². The highest BCUT2D eigenvalue weighted by Gasteiger charge is 2.23. The van der Waals surface area contributed by atoms with Gasteiger partial charge in [-0.15, -0.1) is 11.3 Å². The summed E-state index contributed by atoms with van der Waals surface area (Å²) in [6.07, 6.45) is 1.37. The maximum atomic E-state index is 12.6. The minimum Gasteiger partial charge on any atom is -0.504 e. The second-order valence-corrected chi connectivity index (χ2v) is 6.99. The van der Waals surface area contributed by atoms with Crippen molar-refractivity contribution >= 4 is 34.3 Å². The lowest BCUT2D eigenvalue weighted by atomic mass is 10.1. The van der Waals surface area contributed by atoms with Gasteiger partial charge in [0.25, 0.3) is 5.91 Å². The summed E-state index contributed by atoms with van der Waals surface area (Å²) in [6.45, 7) is 5.53. The van der Waals surface area contributed by atoms with Gasteiger partial charge in [0, 0.05) is 4.88 Å². The van der Waals surface area contributed by atoms with Crippen molar-refractivity contribution in [3.63, 3.8) is 0 Å². The molecule has 0 saturated heterocycles. The first kappa shape index (κ1) is 21.0. The van der Waals surface area contributed by atoms with Crippen LogP contribution in [0.3, 0.4) is 0 Å². The maximum Gasteiger partial charge on any atom is 0.341 e. The van der Waals surface area contributed by atoms with Crippen molar-refractivity contribution in [3.8, 4) is 17.6 Å². The summed E-state index contributed by atoms with van der Waals surface area (Å²) in [5.41, 5.74) is 1.36. The Morgan fingerprint density at radius 2 is 2.07 bits per heavy atom. The molecule has 0 atom stereocenters. The zero-order valence-corrected chi connectivity index (χ0v) is 16.8. The largest absolute Gasteiger partial charge is 0.504 e. The third-order valence-corrected chi connectivity index (χ3v) is 5.09. The van der Waals surface area contributed by atoms with Crippen molar-refractivity contribution in [2.24, 2.45) is 0 Å². The molecular weight excluding hydrogens is 380 g/mol. The number of phenolic OH excluding ortho intramolecular Hbond substituents is 1. The van der Waals surface area contributed by atoms with Gasteiger partial charge in [-0.3, -0.25) is 4.79 Å². The first-order chi connectivity index (χ1) is 13.3. The highest BCUT2D eigenvalue weighted by molar-refractivity contribution is 7.16. The minimum atomic E-state index is -0.652. The van der Waals surface area contributed by atoms with Crippen molar-refractivity contribution in [1.82, 2.24) is 0 Å². The van der Waals surface area contributed by atoms with E-state index in [9.17, 15) is 20.0 Å². The summed E-state index contributed by atoms with van der Waals surface area (Å²) < 4.78 is 10.1. The number of hydrogen-bond acceptors (Lipinski definition) is 7. The average molecular weight is 400 g/mol. The van der Waals surface area contributed by atoms with E-state index >= 15 is 0 Å². The van der Waals surface area contributed by atoms with E-state index < -0.39 is 11.9 Å². The van der Waals surface area contributed by atoms with Crippen LogP contribution in [0.15, 0.2) is 23.8 Å². The second-order valence-electron chi connectivity index (χ2n) is 5.76. The number of methoxy groups -OCH3 is 1. The van der Waals surface area contributed by atoms with Gasteiger partial charge in [0.05, 0.1) is 19.3 Å². The Morgan fingerprint density at radius 3 is 2.68 bits per heavy atom. The van der Waals surface area contributed by atoms with Crippen LogP contribution in [-0.2, 0) is 9.53 Å². The van der Waals surface area contributed by atoms with E-state index in [1.54, 1.807) is 19.9 Å². The number of aryl methyl sites for hydroxylation is 1. The van der Waals surface area contributed by atoms with Gasteiger partial charge in [-0.1, -0.05) is 6.07 Å². The Balaban J connectivity index is 2.34. The Hall–Kier alpha value is -3.31. The number of carbonyl (C=O) groups excluding carboxylic acids is 2.